The van der Waals surface area contributed by atoms with Crippen molar-refractivity contribution in [3.05, 3.63) is 0 Å². The molecule has 0 aromatic rings. The van der Waals surface area contributed by atoms with Crippen LogP contribution in [-0.2, 0) is 4.79 Å². The number of hydrogen-bond acceptors (Lipinski definition) is 2. The molecule has 0 fully saturated rings. The highest BCUT2D eigenvalue weighted by Gasteiger charge is 1.94. The second-order valence-electron chi connectivity index (χ2n) is 0.830. The molecular formula is C2H5FN2O. The van der Waals surface area contributed by atoms with Gasteiger partial charge in [-0.05, 0) is 0 Å². The van der Waals surface area contributed by atoms with Crippen LogP contribution in [0.5, 0.6) is 0 Å². The lowest BCUT2D eigenvalue weighted by Gasteiger charge is -1.94. The van der Waals surface area contributed by atoms with E-state index in [0.29, 0.717) is 0 Å². The van der Waals surface area contributed by atoms with E-state index >= 15 is 0 Å². The fourth-order valence-electron chi connectivity index (χ4n) is 0. The van der Waals surface area contributed by atoms with Crippen molar-refractivity contribution in [1.82, 2.24) is 5.23 Å². The summed E-state index contributed by atoms with van der Waals surface area (Å²) in [6, 6.07) is 0. The summed E-state index contributed by atoms with van der Waals surface area (Å²) in [5.41, 5.74) is 0. The minimum atomic E-state index is -0.796. The Morgan fingerprint density at radius 3 is 2.17 bits per heavy atom. The Bertz CT molecular complexity index is 62.6. The maximum absolute atomic E-state index is 11.1. The Morgan fingerprint density at radius 1 is 2.00 bits per heavy atom. The maximum atomic E-state index is 11.1. The second kappa shape index (κ2) is 1.71. The Balaban J connectivity index is 3.26. The topological polar surface area (TPSA) is 46.3 Å². The van der Waals surface area contributed by atoms with Gasteiger partial charge in [-0.15, -0.1) is 5.23 Å². The molecule has 0 aromatic heterocycles. The van der Waals surface area contributed by atoms with Gasteiger partial charge in [0.1, 0.15) is 0 Å². The molecule has 2 N–H and O–H groups in total. The number of rotatable bonds is 0. The highest BCUT2D eigenvalue weighted by Crippen LogP contribution is 1.72. The van der Waals surface area contributed by atoms with Gasteiger partial charge >= 0.3 is 0 Å². The van der Waals surface area contributed by atoms with E-state index < -0.39 is 11.1 Å². The summed E-state index contributed by atoms with van der Waals surface area (Å²) in [5.74, 6) is 3.46. The third-order valence-electron chi connectivity index (χ3n) is 0.301. The van der Waals surface area contributed by atoms with Gasteiger partial charge in [0.15, 0.2) is 0 Å². The first-order valence-electron chi connectivity index (χ1n) is 1.35. The molecule has 0 spiro atoms. The van der Waals surface area contributed by atoms with E-state index in [-0.39, 0.29) is 0 Å². The van der Waals surface area contributed by atoms with Crippen molar-refractivity contribution in [3.8, 4) is 0 Å². The van der Waals surface area contributed by atoms with Crippen molar-refractivity contribution >= 4 is 5.91 Å². The molecule has 0 heterocycles. The first-order chi connectivity index (χ1) is 2.64. The molecule has 0 aliphatic rings. The van der Waals surface area contributed by atoms with Crippen molar-refractivity contribution < 1.29 is 9.28 Å². The third-order valence-corrected chi connectivity index (χ3v) is 0.301. The zero-order valence-electron chi connectivity index (χ0n) is 3.31. The summed E-state index contributed by atoms with van der Waals surface area (Å²) in [7, 11) is 0. The average molecular weight is 92.1 g/mol. The lowest BCUT2D eigenvalue weighted by Crippen LogP contribution is -2.26. The molecule has 0 aliphatic heterocycles. The zero-order chi connectivity index (χ0) is 5.15. The molecule has 4 heteroatoms. The summed E-state index contributed by atoms with van der Waals surface area (Å²) in [6.45, 7) is 1.03. The lowest BCUT2D eigenvalue weighted by atomic mass is 10.8. The first kappa shape index (κ1) is 5.36. The second-order valence-corrected chi connectivity index (χ2v) is 0.830. The number of hydrazine groups is 1. The van der Waals surface area contributed by atoms with Crippen molar-refractivity contribution in [2.75, 3.05) is 0 Å². The van der Waals surface area contributed by atoms with Gasteiger partial charge in [0, 0.05) is 6.92 Å². The Hall–Kier alpha value is -0.640. The van der Waals surface area contributed by atoms with E-state index in [9.17, 15) is 9.28 Å². The van der Waals surface area contributed by atoms with Gasteiger partial charge in [0.25, 0.3) is 5.91 Å². The molecule has 0 bridgehead atoms. The summed E-state index contributed by atoms with van der Waals surface area (Å²) < 4.78 is 11.1. The van der Waals surface area contributed by atoms with Gasteiger partial charge in [-0.2, -0.15) is 0 Å². The van der Waals surface area contributed by atoms with Crippen LogP contribution in [0, 0.1) is 0 Å². The van der Waals surface area contributed by atoms with E-state index in [4.69, 9.17) is 0 Å². The molecular weight excluding hydrogens is 87.0 g/mol. The summed E-state index contributed by atoms with van der Waals surface area (Å²) in [6.07, 6.45) is 0. The predicted octanol–water partition coefficient (Wildman–Crippen LogP) is -0.407. The van der Waals surface area contributed by atoms with Gasteiger partial charge in [-0.25, -0.2) is 5.84 Å². The number of nitrogens with two attached hydrogens (primary N) is 1. The predicted molar refractivity (Wildman–Crippen MR) is 17.8 cm³/mol. The van der Waals surface area contributed by atoms with Gasteiger partial charge in [0.05, 0.1) is 0 Å². The van der Waals surface area contributed by atoms with Crippen LogP contribution in [0.3, 0.4) is 0 Å². The van der Waals surface area contributed by atoms with E-state index in [1.165, 1.54) is 0 Å². The van der Waals surface area contributed by atoms with Crippen molar-refractivity contribution in [2.45, 2.75) is 6.92 Å². The van der Waals surface area contributed by atoms with Crippen LogP contribution >= 0.6 is 0 Å². The minimum absolute atomic E-state index is 0.472. The standard InChI is InChI=1S/C2H5FN2O/c1-2(6)5(3)4/h4H2,1H3. The van der Waals surface area contributed by atoms with Crippen LogP contribution in [0.2, 0.25) is 0 Å². The maximum Gasteiger partial charge on any atom is 0.263 e. The fraction of sp³-hybridized carbons (Fsp3) is 0.500. The molecule has 0 saturated heterocycles. The van der Waals surface area contributed by atoms with E-state index in [0.717, 1.165) is 6.92 Å². The van der Waals surface area contributed by atoms with E-state index in [2.05, 4.69) is 5.84 Å². The molecule has 1 amide bonds. The molecule has 0 aromatic carbocycles. The first-order valence-corrected chi connectivity index (χ1v) is 1.35. The number of nitrogens with zero attached hydrogens (tertiary/aromatic N) is 1. The third kappa shape index (κ3) is 1.66. The van der Waals surface area contributed by atoms with Crippen LogP contribution in [0.1, 0.15) is 6.92 Å². The van der Waals surface area contributed by atoms with Crippen molar-refractivity contribution in [2.24, 2.45) is 5.84 Å². The van der Waals surface area contributed by atoms with Gasteiger partial charge < -0.3 is 0 Å². The molecule has 3 nitrogen and oxygen atoms in total. The molecule has 6 heavy (non-hydrogen) atoms. The highest BCUT2D eigenvalue weighted by molar-refractivity contribution is 5.71. The minimum Gasteiger partial charge on any atom is -0.271 e. The number of halogens is 1. The number of hydrogen-bond donors (Lipinski definition) is 1. The molecule has 0 unspecified atom stereocenters. The lowest BCUT2D eigenvalue weighted by molar-refractivity contribution is -0.144. The van der Waals surface area contributed by atoms with Gasteiger partial charge in [-0.1, -0.05) is 4.48 Å². The van der Waals surface area contributed by atoms with Crippen molar-refractivity contribution in [3.63, 3.8) is 0 Å². The van der Waals surface area contributed by atoms with Gasteiger partial charge in [0.2, 0.25) is 0 Å². The number of carbonyl (C=O) groups is 1. The van der Waals surface area contributed by atoms with E-state index in [1.54, 1.807) is 0 Å². The largest absolute Gasteiger partial charge is 0.271 e. The van der Waals surface area contributed by atoms with Gasteiger partial charge in [-0.3, -0.25) is 4.79 Å². The smallest absolute Gasteiger partial charge is 0.263 e. The molecule has 0 saturated carbocycles. The SMILES string of the molecule is CC(=O)N(N)F. The van der Waals surface area contributed by atoms with Crippen LogP contribution < -0.4 is 5.84 Å². The van der Waals surface area contributed by atoms with Crippen LogP contribution in [-0.4, -0.2) is 11.1 Å². The Morgan fingerprint density at radius 2 is 2.17 bits per heavy atom. The van der Waals surface area contributed by atoms with Crippen LogP contribution in [0.4, 0.5) is 4.48 Å². The molecule has 0 rings (SSSR count). The summed E-state index contributed by atoms with van der Waals surface area (Å²) in [4.78, 5) is 9.57. The number of carbonyl (C=O) groups excluding carboxylic acids is 1. The Labute approximate surface area is 34.4 Å². The number of amides is 1. The summed E-state index contributed by atoms with van der Waals surface area (Å²) in [5, 5.41) is -0.472. The monoisotopic (exact) mass is 92.0 g/mol. The van der Waals surface area contributed by atoms with Crippen LogP contribution in [0.25, 0.3) is 0 Å². The molecule has 0 aliphatic carbocycles. The van der Waals surface area contributed by atoms with E-state index in [1.807, 2.05) is 0 Å². The summed E-state index contributed by atoms with van der Waals surface area (Å²) >= 11 is 0. The zero-order valence-corrected chi connectivity index (χ0v) is 3.31. The van der Waals surface area contributed by atoms with Crippen LogP contribution in [0.15, 0.2) is 0 Å². The van der Waals surface area contributed by atoms with Crippen molar-refractivity contribution in [1.29, 1.82) is 0 Å². The molecule has 0 atom stereocenters. The normalized spacial score (nSPS) is 7.83. The average Bonchev–Trinajstić information content (AvgIpc) is 1.36. The molecule has 0 radical (unpaired) electrons. The molecule has 36 valence electrons. The quantitative estimate of drug-likeness (QED) is 0.191. The highest BCUT2D eigenvalue weighted by atomic mass is 19.2. The Kier molecular flexibility index (Phi) is 1.53. The fourth-order valence-corrected chi connectivity index (χ4v) is 0.